The summed E-state index contributed by atoms with van der Waals surface area (Å²) in [7, 11) is 1.46. The Kier molecular flexibility index (Phi) is 55.8. The third kappa shape index (κ3) is 61.9. The lowest BCUT2D eigenvalue weighted by atomic mass is 10.0. The number of esters is 2. The summed E-state index contributed by atoms with van der Waals surface area (Å²) >= 11 is 0. The van der Waals surface area contributed by atoms with E-state index in [1.165, 1.54) is 116 Å². The van der Waals surface area contributed by atoms with Gasteiger partial charge in [0.15, 0.2) is 6.10 Å². The fraction of sp³-hybridized carbons (Fsp3) is 0.706. The third-order valence-corrected chi connectivity index (χ3v) is 14.3. The Morgan fingerprint density at radius 2 is 0.692 bits per heavy atom. The van der Waals surface area contributed by atoms with Gasteiger partial charge in [0.1, 0.15) is 19.8 Å². The second-order valence-electron chi connectivity index (χ2n) is 22.0. The first kappa shape index (κ1) is 74.7. The Morgan fingerprint density at radius 1 is 0.397 bits per heavy atom. The summed E-state index contributed by atoms with van der Waals surface area (Å²) in [6.07, 6.45) is 81.8. The van der Waals surface area contributed by atoms with Crippen LogP contribution >= 0.6 is 7.82 Å². The van der Waals surface area contributed by atoms with Crippen LogP contribution in [0.25, 0.3) is 0 Å². The fourth-order valence-electron chi connectivity index (χ4n) is 8.51. The number of nitrogens with zero attached hydrogens (tertiary/aromatic N) is 1. The molecule has 0 bridgehead atoms. The van der Waals surface area contributed by atoms with Gasteiger partial charge in [-0.2, -0.15) is 0 Å². The van der Waals surface area contributed by atoms with Crippen LogP contribution in [-0.2, 0) is 32.7 Å². The highest BCUT2D eigenvalue weighted by Crippen LogP contribution is 2.43. The molecule has 0 spiro atoms. The van der Waals surface area contributed by atoms with Crippen molar-refractivity contribution in [3.8, 4) is 0 Å². The molecule has 0 amide bonds. The fourth-order valence-corrected chi connectivity index (χ4v) is 9.25. The Hall–Kier alpha value is -3.33. The van der Waals surface area contributed by atoms with Gasteiger partial charge in [-0.25, -0.2) is 4.57 Å². The largest absolute Gasteiger partial charge is 0.472 e. The van der Waals surface area contributed by atoms with Gasteiger partial charge in [-0.15, -0.1) is 0 Å². The Bertz CT molecular complexity index is 1680. The molecule has 9 nitrogen and oxygen atoms in total. The standard InChI is InChI=1S/C68H118NO8P/c1-6-8-10-12-14-16-18-20-22-24-26-27-28-29-30-31-32-33-34-35-36-37-38-39-40-41-43-45-47-49-51-53-55-57-59-61-68(71)77-66(65-76-78(72,73)75-63-62-69(3,4)5)64-74-67(70)60-58-56-54-52-50-48-46-44-42-25-23-21-19-17-15-13-11-9-7-2/h8-11,14-17,20-23,26-27,29-30,42,44,66H,6-7,12-13,18-19,24-25,28,31-41,43,45-65H2,1-5H3/p+1/b10-8-,11-9-,16-14-,17-15-,22-20-,23-21-,27-26-,30-29-,44-42-. The molecule has 0 heterocycles. The van der Waals surface area contributed by atoms with Crippen LogP contribution in [0.2, 0.25) is 0 Å². The van der Waals surface area contributed by atoms with E-state index in [4.69, 9.17) is 18.5 Å². The topological polar surface area (TPSA) is 108 Å². The van der Waals surface area contributed by atoms with Crippen LogP contribution in [0.3, 0.4) is 0 Å². The number of rotatable bonds is 57. The minimum absolute atomic E-state index is 0.0256. The number of hydrogen-bond acceptors (Lipinski definition) is 7. The molecule has 0 saturated heterocycles. The molecule has 1 N–H and O–H groups in total. The maximum Gasteiger partial charge on any atom is 0.472 e. The van der Waals surface area contributed by atoms with Crippen molar-refractivity contribution in [2.75, 3.05) is 47.5 Å². The highest BCUT2D eigenvalue weighted by molar-refractivity contribution is 7.47. The van der Waals surface area contributed by atoms with E-state index in [9.17, 15) is 19.0 Å². The molecule has 2 unspecified atom stereocenters. The first-order chi connectivity index (χ1) is 38.0. The number of phosphoric acid groups is 1. The van der Waals surface area contributed by atoms with Gasteiger partial charge >= 0.3 is 19.8 Å². The first-order valence-electron chi connectivity index (χ1n) is 31.6. The van der Waals surface area contributed by atoms with E-state index in [0.29, 0.717) is 17.4 Å². The predicted octanol–water partition coefficient (Wildman–Crippen LogP) is 20.2. The summed E-state index contributed by atoms with van der Waals surface area (Å²) in [5.41, 5.74) is 0. The van der Waals surface area contributed by atoms with E-state index in [2.05, 4.69) is 123 Å². The number of allylic oxidation sites excluding steroid dienone is 18. The number of carbonyl (C=O) groups is 2. The van der Waals surface area contributed by atoms with Gasteiger partial charge in [0.05, 0.1) is 27.7 Å². The molecule has 0 rings (SSSR count). The third-order valence-electron chi connectivity index (χ3n) is 13.3. The van der Waals surface area contributed by atoms with Crippen LogP contribution < -0.4 is 0 Å². The van der Waals surface area contributed by atoms with Gasteiger partial charge < -0.3 is 18.9 Å². The quantitative estimate of drug-likeness (QED) is 0.0211. The van der Waals surface area contributed by atoms with Crippen molar-refractivity contribution in [3.63, 3.8) is 0 Å². The second-order valence-corrected chi connectivity index (χ2v) is 23.5. The molecule has 448 valence electrons. The average molecular weight is 1110 g/mol. The highest BCUT2D eigenvalue weighted by Gasteiger charge is 2.27. The molecular formula is C68H119NO8P+. The first-order valence-corrected chi connectivity index (χ1v) is 33.1. The minimum atomic E-state index is -4.40. The van der Waals surface area contributed by atoms with E-state index in [-0.39, 0.29) is 32.0 Å². The lowest BCUT2D eigenvalue weighted by Gasteiger charge is -2.24. The lowest BCUT2D eigenvalue weighted by molar-refractivity contribution is -0.870. The zero-order valence-corrected chi connectivity index (χ0v) is 51.8. The van der Waals surface area contributed by atoms with E-state index >= 15 is 0 Å². The summed E-state index contributed by atoms with van der Waals surface area (Å²) < 4.78 is 34.6. The SMILES string of the molecule is CC/C=C\C/C=C\C/C=C\C/C=C\C/C=C\CCCCCCCCCCCCCCCCCCCCCC(=O)OC(COC(=O)CCCCCCCC/C=C\C/C=C\C/C=C\C/C=C\CC)COP(=O)(O)OCC[N+](C)(C)C. The maximum atomic E-state index is 12.8. The molecule has 2 atom stereocenters. The molecule has 78 heavy (non-hydrogen) atoms. The molecule has 0 radical (unpaired) electrons. The predicted molar refractivity (Wildman–Crippen MR) is 335 cm³/mol. The molecule has 0 saturated carbocycles. The maximum absolute atomic E-state index is 12.8. The number of ether oxygens (including phenoxy) is 2. The molecule has 0 aliphatic carbocycles. The van der Waals surface area contributed by atoms with E-state index in [1.807, 2.05) is 21.1 Å². The molecule has 0 aliphatic heterocycles. The Labute approximate surface area is 480 Å². The number of likely N-dealkylation sites (N-methyl/N-ethyl adjacent to an activating group) is 1. The van der Waals surface area contributed by atoms with Crippen molar-refractivity contribution in [1.29, 1.82) is 0 Å². The van der Waals surface area contributed by atoms with Crippen LogP contribution in [-0.4, -0.2) is 74.9 Å². The zero-order chi connectivity index (χ0) is 57.0. The molecule has 0 aromatic heterocycles. The molecule has 0 aromatic rings. The van der Waals surface area contributed by atoms with Gasteiger partial charge in [-0.05, 0) is 96.3 Å². The normalized spacial score (nSPS) is 14.0. The highest BCUT2D eigenvalue weighted by atomic mass is 31.2. The van der Waals surface area contributed by atoms with Crippen molar-refractivity contribution in [3.05, 3.63) is 109 Å². The smallest absolute Gasteiger partial charge is 0.462 e. The summed E-state index contributed by atoms with van der Waals surface area (Å²) in [5, 5.41) is 0. The number of hydrogen-bond donors (Lipinski definition) is 1. The van der Waals surface area contributed by atoms with E-state index in [1.54, 1.807) is 0 Å². The summed E-state index contributed by atoms with van der Waals surface area (Å²) in [5.74, 6) is -0.812. The lowest BCUT2D eigenvalue weighted by Crippen LogP contribution is -2.37. The van der Waals surface area contributed by atoms with Gasteiger partial charge in [0.2, 0.25) is 0 Å². The Morgan fingerprint density at radius 3 is 1.03 bits per heavy atom. The van der Waals surface area contributed by atoms with Crippen molar-refractivity contribution in [2.45, 2.75) is 264 Å². The van der Waals surface area contributed by atoms with Crippen molar-refractivity contribution in [2.24, 2.45) is 0 Å². The van der Waals surface area contributed by atoms with Crippen molar-refractivity contribution >= 4 is 19.8 Å². The van der Waals surface area contributed by atoms with Gasteiger partial charge in [-0.1, -0.05) is 258 Å². The number of phosphoric ester groups is 1. The minimum Gasteiger partial charge on any atom is -0.462 e. The second kappa shape index (κ2) is 58.3. The molecule has 0 aliphatic rings. The van der Waals surface area contributed by atoms with Crippen LogP contribution in [0.15, 0.2) is 109 Å². The van der Waals surface area contributed by atoms with Gasteiger partial charge in [0, 0.05) is 12.8 Å². The molecular weight excluding hydrogens is 990 g/mol. The number of quaternary nitrogens is 1. The van der Waals surface area contributed by atoms with Crippen LogP contribution in [0.4, 0.5) is 0 Å². The van der Waals surface area contributed by atoms with Crippen LogP contribution in [0.5, 0.6) is 0 Å². The molecule has 10 heteroatoms. The molecule has 0 fully saturated rings. The van der Waals surface area contributed by atoms with Crippen LogP contribution in [0.1, 0.15) is 258 Å². The monoisotopic (exact) mass is 1110 g/mol. The summed E-state index contributed by atoms with van der Waals surface area (Å²) in [4.78, 5) is 35.7. The van der Waals surface area contributed by atoms with Crippen molar-refractivity contribution in [1.82, 2.24) is 0 Å². The van der Waals surface area contributed by atoms with Crippen molar-refractivity contribution < 1.29 is 42.1 Å². The summed E-state index contributed by atoms with van der Waals surface area (Å²) in [6, 6.07) is 0. The Balaban J connectivity index is 4.05. The summed E-state index contributed by atoms with van der Waals surface area (Å²) in [6.45, 7) is 4.20. The van der Waals surface area contributed by atoms with E-state index in [0.717, 1.165) is 109 Å². The molecule has 0 aromatic carbocycles. The zero-order valence-electron chi connectivity index (χ0n) is 50.9. The average Bonchev–Trinajstić information content (AvgIpc) is 3.41. The number of unbranched alkanes of at least 4 members (excludes halogenated alkanes) is 25. The van der Waals surface area contributed by atoms with Gasteiger partial charge in [0.25, 0.3) is 0 Å². The van der Waals surface area contributed by atoms with Gasteiger partial charge in [-0.3, -0.25) is 18.6 Å². The van der Waals surface area contributed by atoms with E-state index < -0.39 is 26.5 Å². The number of carbonyl (C=O) groups excluding carboxylic acids is 2. The van der Waals surface area contributed by atoms with Crippen LogP contribution in [0, 0.1) is 0 Å².